The molecule has 0 saturated heterocycles. The van der Waals surface area contributed by atoms with Gasteiger partial charge in [0.05, 0.1) is 0 Å². The average Bonchev–Trinajstić information content (AvgIpc) is 2.15. The van der Waals surface area contributed by atoms with Crippen LogP contribution in [0.5, 0.6) is 0 Å². The van der Waals surface area contributed by atoms with Crippen LogP contribution < -0.4 is 0 Å². The molecular weight excluding hydrogens is 220 g/mol. The van der Waals surface area contributed by atoms with E-state index in [0.717, 1.165) is 19.3 Å². The maximum atomic E-state index is 11.3. The Hall–Kier alpha value is -1.06. The van der Waals surface area contributed by atoms with Gasteiger partial charge in [-0.15, -0.1) is 0 Å². The van der Waals surface area contributed by atoms with Crippen molar-refractivity contribution in [3.05, 3.63) is 0 Å². The molecule has 1 rings (SSSR count). The molecule has 17 heavy (non-hydrogen) atoms. The number of rotatable bonds is 2. The van der Waals surface area contributed by atoms with Crippen LogP contribution >= 0.6 is 0 Å². The molecule has 1 fully saturated rings. The summed E-state index contributed by atoms with van der Waals surface area (Å²) in [5, 5.41) is 8.64. The summed E-state index contributed by atoms with van der Waals surface area (Å²) in [4.78, 5) is 21.9. The molecule has 4 nitrogen and oxygen atoms in total. The van der Waals surface area contributed by atoms with Crippen LogP contribution in [0.3, 0.4) is 0 Å². The first-order valence-corrected chi connectivity index (χ1v) is 6.22. The minimum atomic E-state index is -1.51. The summed E-state index contributed by atoms with van der Waals surface area (Å²) >= 11 is 0. The molecule has 98 valence electrons. The van der Waals surface area contributed by atoms with Crippen LogP contribution in [0.4, 0.5) is 0 Å². The maximum absolute atomic E-state index is 11.3. The number of aliphatic carboxylic acids is 1. The van der Waals surface area contributed by atoms with Crippen LogP contribution in [0.2, 0.25) is 0 Å². The third-order valence-corrected chi connectivity index (χ3v) is 3.81. The van der Waals surface area contributed by atoms with E-state index in [9.17, 15) is 9.59 Å². The van der Waals surface area contributed by atoms with E-state index >= 15 is 0 Å². The monoisotopic (exact) mass is 242 g/mol. The molecule has 0 spiro atoms. The SMILES string of the molecule is CC1CCC(C(C)C)C(C)(OC(=O)C(=O)O)C1. The minimum absolute atomic E-state index is 0.238. The maximum Gasteiger partial charge on any atom is 0.417 e. The lowest BCUT2D eigenvalue weighted by Crippen LogP contribution is -2.47. The molecule has 3 unspecified atom stereocenters. The predicted molar refractivity (Wildman–Crippen MR) is 63.5 cm³/mol. The van der Waals surface area contributed by atoms with Crippen LogP contribution in [0.15, 0.2) is 0 Å². The Balaban J connectivity index is 2.85. The number of ether oxygens (including phenoxy) is 1. The van der Waals surface area contributed by atoms with E-state index in [2.05, 4.69) is 20.8 Å². The van der Waals surface area contributed by atoms with Gasteiger partial charge in [-0.25, -0.2) is 9.59 Å². The van der Waals surface area contributed by atoms with Crippen LogP contribution in [0, 0.1) is 17.8 Å². The quantitative estimate of drug-likeness (QED) is 0.597. The standard InChI is InChI=1S/C13H22O4/c1-8(2)10-6-5-9(3)7-13(10,4)17-12(16)11(14)15/h8-10H,5-7H2,1-4H3,(H,14,15). The summed E-state index contributed by atoms with van der Waals surface area (Å²) < 4.78 is 5.25. The number of carbonyl (C=O) groups is 2. The Morgan fingerprint density at radius 1 is 1.35 bits per heavy atom. The van der Waals surface area contributed by atoms with Crippen LogP contribution in [-0.2, 0) is 14.3 Å². The molecule has 0 heterocycles. The third kappa shape index (κ3) is 3.20. The number of carboxylic acids is 1. The van der Waals surface area contributed by atoms with Crippen molar-refractivity contribution in [2.75, 3.05) is 0 Å². The fourth-order valence-electron chi connectivity index (χ4n) is 3.13. The lowest BCUT2D eigenvalue weighted by Gasteiger charge is -2.44. The average molecular weight is 242 g/mol. The van der Waals surface area contributed by atoms with Crippen molar-refractivity contribution in [2.24, 2.45) is 17.8 Å². The number of carbonyl (C=O) groups excluding carboxylic acids is 1. The molecule has 0 aliphatic heterocycles. The van der Waals surface area contributed by atoms with Crippen LogP contribution in [-0.4, -0.2) is 22.6 Å². The molecule has 0 aromatic rings. The lowest BCUT2D eigenvalue weighted by molar-refractivity contribution is -0.183. The Kier molecular flexibility index (Phi) is 4.17. The molecule has 1 aliphatic carbocycles. The number of esters is 1. The van der Waals surface area contributed by atoms with Gasteiger partial charge in [0.25, 0.3) is 0 Å². The molecule has 0 aromatic carbocycles. The first-order chi connectivity index (χ1) is 7.76. The van der Waals surface area contributed by atoms with Gasteiger partial charge in [-0.1, -0.05) is 27.2 Å². The van der Waals surface area contributed by atoms with E-state index in [-0.39, 0.29) is 5.92 Å². The van der Waals surface area contributed by atoms with E-state index in [1.54, 1.807) is 0 Å². The molecule has 1 N–H and O–H groups in total. The van der Waals surface area contributed by atoms with Gasteiger partial charge in [0.15, 0.2) is 0 Å². The first-order valence-electron chi connectivity index (χ1n) is 6.22. The van der Waals surface area contributed by atoms with Gasteiger partial charge in [-0.2, -0.15) is 0 Å². The van der Waals surface area contributed by atoms with Gasteiger partial charge in [-0.05, 0) is 31.6 Å². The van der Waals surface area contributed by atoms with Gasteiger partial charge in [0, 0.05) is 5.92 Å². The smallest absolute Gasteiger partial charge is 0.417 e. The minimum Gasteiger partial charge on any atom is -0.473 e. The molecule has 0 aromatic heterocycles. The predicted octanol–water partition coefficient (Wildman–Crippen LogP) is 2.47. The molecule has 4 heteroatoms. The zero-order chi connectivity index (χ0) is 13.2. The second-order valence-corrected chi connectivity index (χ2v) is 5.74. The zero-order valence-corrected chi connectivity index (χ0v) is 11.0. The highest BCUT2D eigenvalue weighted by molar-refractivity contribution is 6.28. The Morgan fingerprint density at radius 2 is 1.94 bits per heavy atom. The molecule has 3 atom stereocenters. The summed E-state index contributed by atoms with van der Waals surface area (Å²) in [6.07, 6.45) is 2.85. The van der Waals surface area contributed by atoms with Gasteiger partial charge in [0.1, 0.15) is 5.60 Å². The molecule has 0 amide bonds. The number of hydrogen-bond acceptors (Lipinski definition) is 3. The highest BCUT2D eigenvalue weighted by atomic mass is 16.6. The molecule has 1 saturated carbocycles. The van der Waals surface area contributed by atoms with Crippen molar-refractivity contribution >= 4 is 11.9 Å². The van der Waals surface area contributed by atoms with Crippen LogP contribution in [0.25, 0.3) is 0 Å². The van der Waals surface area contributed by atoms with Crippen molar-refractivity contribution in [2.45, 2.75) is 52.6 Å². The lowest BCUT2D eigenvalue weighted by atomic mass is 9.68. The van der Waals surface area contributed by atoms with Crippen LogP contribution in [0.1, 0.15) is 47.0 Å². The Morgan fingerprint density at radius 3 is 2.41 bits per heavy atom. The number of carboxylic acid groups (broad SMARTS) is 1. The van der Waals surface area contributed by atoms with E-state index in [4.69, 9.17) is 9.84 Å². The highest BCUT2D eigenvalue weighted by Gasteiger charge is 2.44. The fraction of sp³-hybridized carbons (Fsp3) is 0.846. The summed E-state index contributed by atoms with van der Waals surface area (Å²) in [6, 6.07) is 0. The first kappa shape index (κ1) is 14.0. The van der Waals surface area contributed by atoms with Crippen molar-refractivity contribution in [3.8, 4) is 0 Å². The second-order valence-electron chi connectivity index (χ2n) is 5.74. The highest BCUT2D eigenvalue weighted by Crippen LogP contribution is 2.43. The molecular formula is C13H22O4. The van der Waals surface area contributed by atoms with Crippen molar-refractivity contribution in [1.29, 1.82) is 0 Å². The topological polar surface area (TPSA) is 63.6 Å². The summed E-state index contributed by atoms with van der Waals surface area (Å²) in [5.74, 6) is -1.55. The van der Waals surface area contributed by atoms with E-state index in [0.29, 0.717) is 11.8 Å². The zero-order valence-electron chi connectivity index (χ0n) is 11.0. The summed E-state index contributed by atoms with van der Waals surface area (Å²) in [5.41, 5.74) is -0.638. The van der Waals surface area contributed by atoms with E-state index in [1.165, 1.54) is 0 Å². The Bertz CT molecular complexity index is 311. The Labute approximate surface area is 102 Å². The molecule has 0 radical (unpaired) electrons. The van der Waals surface area contributed by atoms with E-state index in [1.807, 2.05) is 6.92 Å². The normalized spacial score (nSPS) is 33.5. The van der Waals surface area contributed by atoms with Crippen molar-refractivity contribution in [1.82, 2.24) is 0 Å². The fourth-order valence-corrected chi connectivity index (χ4v) is 3.13. The molecule has 1 aliphatic rings. The number of hydrogen-bond donors (Lipinski definition) is 1. The van der Waals surface area contributed by atoms with Gasteiger partial charge in [-0.3, -0.25) is 0 Å². The van der Waals surface area contributed by atoms with Crippen molar-refractivity contribution < 1.29 is 19.4 Å². The van der Waals surface area contributed by atoms with Gasteiger partial charge in [0.2, 0.25) is 0 Å². The summed E-state index contributed by atoms with van der Waals surface area (Å²) in [7, 11) is 0. The third-order valence-electron chi connectivity index (χ3n) is 3.81. The van der Waals surface area contributed by atoms with Gasteiger partial charge >= 0.3 is 11.9 Å². The summed E-state index contributed by atoms with van der Waals surface area (Å²) in [6.45, 7) is 8.17. The van der Waals surface area contributed by atoms with E-state index < -0.39 is 17.5 Å². The second kappa shape index (κ2) is 5.07. The van der Waals surface area contributed by atoms with Crippen molar-refractivity contribution in [3.63, 3.8) is 0 Å². The largest absolute Gasteiger partial charge is 0.473 e. The van der Waals surface area contributed by atoms with Gasteiger partial charge < -0.3 is 9.84 Å². The molecule has 0 bridgehead atoms.